The third kappa shape index (κ3) is 5.65. The first-order valence-electron chi connectivity index (χ1n) is 9.39. The summed E-state index contributed by atoms with van der Waals surface area (Å²) in [5, 5.41) is 4.72. The van der Waals surface area contributed by atoms with Gasteiger partial charge in [0.05, 0.1) is 12.2 Å². The molecule has 0 aliphatic rings. The summed E-state index contributed by atoms with van der Waals surface area (Å²) in [6, 6.07) is 18.2. The second-order valence-electron chi connectivity index (χ2n) is 6.57. The summed E-state index contributed by atoms with van der Waals surface area (Å²) in [6.07, 6.45) is 5.76. The van der Waals surface area contributed by atoms with Crippen LogP contribution in [0.5, 0.6) is 0 Å². The van der Waals surface area contributed by atoms with Gasteiger partial charge >= 0.3 is 5.97 Å². The van der Waals surface area contributed by atoms with Gasteiger partial charge in [-0.2, -0.15) is 5.10 Å². The Kier molecular flexibility index (Phi) is 6.58. The van der Waals surface area contributed by atoms with E-state index < -0.39 is 18.5 Å². The number of rotatable bonds is 8. The average Bonchev–Trinajstić information content (AvgIpc) is 3.14. The number of ether oxygens (including phenoxy) is 1. The quantitative estimate of drug-likeness (QED) is 0.473. The topological polar surface area (TPSA) is 87.2 Å². The number of carbonyl (C=O) groups is 2. The van der Waals surface area contributed by atoms with E-state index in [1.165, 1.54) is 11.6 Å². The Hall–Kier alpha value is -3.67. The molecular formula is C23H23N3O3. The number of hydrogen-bond acceptors (Lipinski definition) is 4. The minimum atomic E-state index is -0.695. The van der Waals surface area contributed by atoms with Crippen molar-refractivity contribution < 1.29 is 14.3 Å². The highest BCUT2D eigenvalue weighted by Crippen LogP contribution is 2.24. The van der Waals surface area contributed by atoms with Crippen LogP contribution in [-0.4, -0.2) is 28.3 Å². The molecular weight excluding hydrogens is 366 g/mol. The van der Waals surface area contributed by atoms with E-state index in [1.807, 2.05) is 53.3 Å². The first kappa shape index (κ1) is 20.1. The van der Waals surface area contributed by atoms with Gasteiger partial charge in [-0.05, 0) is 23.6 Å². The van der Waals surface area contributed by atoms with Crippen molar-refractivity contribution in [2.24, 2.45) is 5.73 Å². The van der Waals surface area contributed by atoms with Crippen LogP contribution in [0, 0.1) is 0 Å². The number of aryl methyl sites for hydroxylation is 1. The van der Waals surface area contributed by atoms with Gasteiger partial charge < -0.3 is 10.5 Å². The molecule has 0 aliphatic carbocycles. The van der Waals surface area contributed by atoms with Crippen LogP contribution in [0.4, 0.5) is 0 Å². The second-order valence-corrected chi connectivity index (χ2v) is 6.57. The van der Waals surface area contributed by atoms with E-state index in [0.29, 0.717) is 6.54 Å². The van der Waals surface area contributed by atoms with Gasteiger partial charge in [-0.3, -0.25) is 9.48 Å². The Labute approximate surface area is 169 Å². The van der Waals surface area contributed by atoms with E-state index in [9.17, 15) is 9.59 Å². The molecule has 0 unspecified atom stereocenters. The van der Waals surface area contributed by atoms with Crippen LogP contribution in [0.2, 0.25) is 0 Å². The van der Waals surface area contributed by atoms with Crippen molar-refractivity contribution in [3.63, 3.8) is 0 Å². The molecule has 0 spiro atoms. The minimum absolute atomic E-state index is 0.443. The lowest BCUT2D eigenvalue weighted by atomic mass is 10.0. The van der Waals surface area contributed by atoms with Gasteiger partial charge in [-0.1, -0.05) is 61.5 Å². The highest BCUT2D eigenvalue weighted by Gasteiger charge is 2.11. The lowest BCUT2D eigenvalue weighted by Crippen LogP contribution is -2.19. The second kappa shape index (κ2) is 9.50. The molecule has 1 heterocycles. The summed E-state index contributed by atoms with van der Waals surface area (Å²) in [4.78, 5) is 22.6. The van der Waals surface area contributed by atoms with Crippen molar-refractivity contribution in [2.75, 3.05) is 6.61 Å². The van der Waals surface area contributed by atoms with Crippen LogP contribution < -0.4 is 5.73 Å². The average molecular weight is 389 g/mol. The predicted octanol–water partition coefficient (Wildman–Crippen LogP) is 3.20. The van der Waals surface area contributed by atoms with Gasteiger partial charge in [0.2, 0.25) is 0 Å². The summed E-state index contributed by atoms with van der Waals surface area (Å²) < 4.78 is 6.62. The number of hydrogen-bond donors (Lipinski definition) is 1. The van der Waals surface area contributed by atoms with Crippen LogP contribution in [0.3, 0.4) is 0 Å². The van der Waals surface area contributed by atoms with Crippen LogP contribution >= 0.6 is 0 Å². The zero-order valence-corrected chi connectivity index (χ0v) is 16.2. The van der Waals surface area contributed by atoms with E-state index >= 15 is 0 Å². The molecule has 6 heteroatoms. The van der Waals surface area contributed by atoms with Crippen molar-refractivity contribution in [1.29, 1.82) is 0 Å². The lowest BCUT2D eigenvalue weighted by Gasteiger charge is -2.02. The van der Waals surface area contributed by atoms with Gasteiger partial charge in [0.15, 0.2) is 6.61 Å². The van der Waals surface area contributed by atoms with Crippen molar-refractivity contribution >= 4 is 18.0 Å². The molecule has 0 fully saturated rings. The largest absolute Gasteiger partial charge is 0.452 e. The fourth-order valence-corrected chi connectivity index (χ4v) is 2.88. The maximum atomic E-state index is 11.8. The summed E-state index contributed by atoms with van der Waals surface area (Å²) in [6.45, 7) is 2.28. The maximum Gasteiger partial charge on any atom is 0.331 e. The van der Waals surface area contributed by atoms with Gasteiger partial charge in [0.1, 0.15) is 0 Å². The molecule has 3 rings (SSSR count). The first-order valence-corrected chi connectivity index (χ1v) is 9.39. The number of primary amides is 1. The molecule has 0 saturated carbocycles. The van der Waals surface area contributed by atoms with Crippen molar-refractivity contribution in [3.8, 4) is 11.3 Å². The molecule has 0 aliphatic heterocycles. The minimum Gasteiger partial charge on any atom is -0.452 e. The van der Waals surface area contributed by atoms with E-state index in [0.717, 1.165) is 28.8 Å². The van der Waals surface area contributed by atoms with Crippen LogP contribution in [0.25, 0.3) is 17.3 Å². The van der Waals surface area contributed by atoms with E-state index in [-0.39, 0.29) is 0 Å². The number of nitrogens with zero attached hydrogens (tertiary/aromatic N) is 2. The maximum absolute atomic E-state index is 11.8. The summed E-state index contributed by atoms with van der Waals surface area (Å²) in [7, 11) is 0. The monoisotopic (exact) mass is 389 g/mol. The molecule has 0 bridgehead atoms. The molecule has 0 saturated heterocycles. The lowest BCUT2D eigenvalue weighted by molar-refractivity contribution is -0.142. The molecule has 1 amide bonds. The number of benzene rings is 2. The number of nitrogens with two attached hydrogens (primary N) is 1. The summed E-state index contributed by atoms with van der Waals surface area (Å²) in [5.41, 5.74) is 9.86. The molecule has 148 valence electrons. The van der Waals surface area contributed by atoms with E-state index in [4.69, 9.17) is 15.6 Å². The highest BCUT2D eigenvalue weighted by molar-refractivity contribution is 5.90. The van der Waals surface area contributed by atoms with Crippen LogP contribution in [0.1, 0.15) is 23.6 Å². The summed E-state index contributed by atoms with van der Waals surface area (Å²) >= 11 is 0. The highest BCUT2D eigenvalue weighted by atomic mass is 16.5. The Morgan fingerprint density at radius 2 is 1.79 bits per heavy atom. The third-order valence-electron chi connectivity index (χ3n) is 4.37. The Balaban J connectivity index is 1.89. The zero-order chi connectivity index (χ0) is 20.6. The summed E-state index contributed by atoms with van der Waals surface area (Å²) in [5.74, 6) is -1.33. The molecule has 2 N–H and O–H groups in total. The van der Waals surface area contributed by atoms with Gasteiger partial charge in [-0.25, -0.2) is 4.79 Å². The third-order valence-corrected chi connectivity index (χ3v) is 4.37. The van der Waals surface area contributed by atoms with E-state index in [1.54, 1.807) is 6.08 Å². The van der Waals surface area contributed by atoms with Crippen LogP contribution in [0.15, 0.2) is 66.9 Å². The fourth-order valence-electron chi connectivity index (χ4n) is 2.88. The van der Waals surface area contributed by atoms with Crippen molar-refractivity contribution in [3.05, 3.63) is 83.6 Å². The molecule has 6 nitrogen and oxygen atoms in total. The van der Waals surface area contributed by atoms with Crippen LogP contribution in [-0.2, 0) is 27.3 Å². The number of carbonyl (C=O) groups excluding carboxylic acids is 2. The fraction of sp³-hybridized carbons (Fsp3) is 0.174. The van der Waals surface area contributed by atoms with Crippen molar-refractivity contribution in [1.82, 2.24) is 9.78 Å². The van der Waals surface area contributed by atoms with Crippen molar-refractivity contribution in [2.45, 2.75) is 19.9 Å². The molecule has 0 atom stereocenters. The Bertz CT molecular complexity index is 1010. The predicted molar refractivity (Wildman–Crippen MR) is 112 cm³/mol. The first-order chi connectivity index (χ1) is 14.0. The smallest absolute Gasteiger partial charge is 0.331 e. The van der Waals surface area contributed by atoms with E-state index in [2.05, 4.69) is 19.1 Å². The standard InChI is InChI=1S/C23H23N3O3/c1-2-17-8-10-19(11-9-17)23-20(12-13-22(28)29-16-21(24)27)15-26(25-23)14-18-6-4-3-5-7-18/h3-13,15H,2,14,16H2,1H3,(H2,24,27)/b13-12+. The molecule has 0 radical (unpaired) electrons. The van der Waals surface area contributed by atoms with Gasteiger partial charge in [0, 0.05) is 23.4 Å². The SMILES string of the molecule is CCc1ccc(-c2nn(Cc3ccccc3)cc2/C=C/C(=O)OCC(N)=O)cc1. The zero-order valence-electron chi connectivity index (χ0n) is 16.2. The number of esters is 1. The normalized spacial score (nSPS) is 10.9. The van der Waals surface area contributed by atoms with Gasteiger partial charge in [0.25, 0.3) is 5.91 Å². The Morgan fingerprint density at radius 3 is 2.45 bits per heavy atom. The number of aromatic nitrogens is 2. The van der Waals surface area contributed by atoms with Gasteiger partial charge in [-0.15, -0.1) is 0 Å². The molecule has 2 aromatic carbocycles. The molecule has 3 aromatic rings. The Morgan fingerprint density at radius 1 is 1.07 bits per heavy atom. The molecule has 29 heavy (non-hydrogen) atoms. The number of amides is 1. The molecule has 1 aromatic heterocycles.